The van der Waals surface area contributed by atoms with Crippen LogP contribution in [0.15, 0.2) is 53.3 Å². The van der Waals surface area contributed by atoms with E-state index in [1.54, 1.807) is 7.11 Å². The fraction of sp³-hybridized carbons (Fsp3) is 0.150. The minimum absolute atomic E-state index is 0.385. The van der Waals surface area contributed by atoms with Crippen LogP contribution in [0.3, 0.4) is 0 Å². The lowest BCUT2D eigenvalue weighted by Gasteiger charge is -2.19. The molecule has 3 heterocycles. The maximum atomic E-state index is 5.65. The number of anilines is 2. The van der Waals surface area contributed by atoms with Gasteiger partial charge in [-0.3, -0.25) is 0 Å². The van der Waals surface area contributed by atoms with Crippen LogP contribution in [0.5, 0.6) is 17.2 Å². The molecule has 2 aromatic carbocycles. The molecule has 4 aromatic rings. The van der Waals surface area contributed by atoms with Gasteiger partial charge in [0.25, 0.3) is 5.71 Å². The van der Waals surface area contributed by atoms with Crippen molar-refractivity contribution in [2.75, 3.05) is 25.6 Å². The van der Waals surface area contributed by atoms with Crippen LogP contribution in [0.1, 0.15) is 0 Å². The Morgan fingerprint density at radius 2 is 1.86 bits per heavy atom. The normalized spacial score (nSPS) is 12.8. The summed E-state index contributed by atoms with van der Waals surface area (Å²) in [6, 6.07) is 13.2. The molecule has 28 heavy (non-hydrogen) atoms. The topological polar surface area (TPSA) is 91.5 Å². The molecule has 0 atom stereocenters. The lowest BCUT2D eigenvalue weighted by molar-refractivity contribution is 0.171. The first-order valence-corrected chi connectivity index (χ1v) is 8.74. The van der Waals surface area contributed by atoms with Crippen molar-refractivity contribution in [2.45, 2.75) is 0 Å². The Hall–Kier alpha value is -3.81. The standard InChI is InChI=1S/C20H16N4O4/c1-25-14-5-3-2-4-13(14)18-17-19(21-11-22-20(17)28-24-18)23-12-6-7-15-16(10-12)27-9-8-26-15/h2-7,10-11H,8-9H2,1H3,(H,21,22,23). The average molecular weight is 376 g/mol. The van der Waals surface area contributed by atoms with Crippen molar-refractivity contribution in [3.8, 4) is 28.5 Å². The number of nitrogens with zero attached hydrogens (tertiary/aromatic N) is 3. The van der Waals surface area contributed by atoms with Crippen molar-refractivity contribution >= 4 is 22.6 Å². The highest BCUT2D eigenvalue weighted by atomic mass is 16.6. The molecule has 1 aliphatic heterocycles. The highest BCUT2D eigenvalue weighted by molar-refractivity contribution is 5.99. The Morgan fingerprint density at radius 1 is 1.00 bits per heavy atom. The number of fused-ring (bicyclic) bond motifs is 2. The molecule has 0 bridgehead atoms. The van der Waals surface area contributed by atoms with Gasteiger partial charge in [-0.2, -0.15) is 4.98 Å². The number of para-hydroxylation sites is 1. The molecule has 8 heteroatoms. The van der Waals surface area contributed by atoms with E-state index in [-0.39, 0.29) is 0 Å². The minimum Gasteiger partial charge on any atom is -0.496 e. The van der Waals surface area contributed by atoms with Gasteiger partial charge in [-0.1, -0.05) is 17.3 Å². The average Bonchev–Trinajstić information content (AvgIpc) is 3.19. The summed E-state index contributed by atoms with van der Waals surface area (Å²) in [4.78, 5) is 8.58. The van der Waals surface area contributed by atoms with Gasteiger partial charge in [0.1, 0.15) is 42.2 Å². The van der Waals surface area contributed by atoms with Gasteiger partial charge in [0.05, 0.1) is 7.11 Å². The van der Waals surface area contributed by atoms with Crippen molar-refractivity contribution in [1.82, 2.24) is 15.1 Å². The number of methoxy groups -OCH3 is 1. The van der Waals surface area contributed by atoms with E-state index in [1.807, 2.05) is 42.5 Å². The van der Waals surface area contributed by atoms with Gasteiger partial charge >= 0.3 is 0 Å². The van der Waals surface area contributed by atoms with Crippen molar-refractivity contribution < 1.29 is 18.7 Å². The van der Waals surface area contributed by atoms with Crippen LogP contribution >= 0.6 is 0 Å². The summed E-state index contributed by atoms with van der Waals surface area (Å²) in [7, 11) is 1.62. The summed E-state index contributed by atoms with van der Waals surface area (Å²) < 4.78 is 22.1. The van der Waals surface area contributed by atoms with Gasteiger partial charge in [0.15, 0.2) is 11.5 Å². The highest BCUT2D eigenvalue weighted by Gasteiger charge is 2.20. The van der Waals surface area contributed by atoms with E-state index in [9.17, 15) is 0 Å². The third kappa shape index (κ3) is 2.75. The molecule has 8 nitrogen and oxygen atoms in total. The van der Waals surface area contributed by atoms with Crippen LogP contribution in [0.2, 0.25) is 0 Å². The van der Waals surface area contributed by atoms with Gasteiger partial charge in [0, 0.05) is 17.3 Å². The first kappa shape index (κ1) is 16.4. The molecule has 1 N–H and O–H groups in total. The van der Waals surface area contributed by atoms with E-state index in [0.717, 1.165) is 17.0 Å². The monoisotopic (exact) mass is 376 g/mol. The van der Waals surface area contributed by atoms with Gasteiger partial charge in [-0.15, -0.1) is 0 Å². The number of rotatable bonds is 4. The summed E-state index contributed by atoms with van der Waals surface area (Å²) in [5.74, 6) is 2.68. The smallest absolute Gasteiger partial charge is 0.263 e. The molecule has 0 aliphatic carbocycles. The molecular formula is C20H16N4O4. The van der Waals surface area contributed by atoms with Crippen molar-refractivity contribution in [3.05, 3.63) is 48.8 Å². The number of ether oxygens (including phenoxy) is 3. The zero-order valence-corrected chi connectivity index (χ0v) is 15.0. The maximum Gasteiger partial charge on any atom is 0.263 e. The van der Waals surface area contributed by atoms with Crippen molar-refractivity contribution in [2.24, 2.45) is 0 Å². The Kier molecular flexibility index (Phi) is 3.93. The molecular weight excluding hydrogens is 360 g/mol. The molecule has 5 rings (SSSR count). The molecule has 1 aliphatic rings. The zero-order chi connectivity index (χ0) is 18.9. The SMILES string of the molecule is COc1ccccc1-c1noc2ncnc(Nc3ccc4c(c3)OCCO4)c12. The largest absolute Gasteiger partial charge is 0.496 e. The van der Waals surface area contributed by atoms with E-state index in [2.05, 4.69) is 20.4 Å². The first-order chi connectivity index (χ1) is 13.8. The second-order valence-electron chi connectivity index (χ2n) is 6.12. The van der Waals surface area contributed by atoms with Crippen molar-refractivity contribution in [3.63, 3.8) is 0 Å². The maximum absolute atomic E-state index is 5.65. The molecule has 140 valence electrons. The Balaban J connectivity index is 1.60. The van der Waals surface area contributed by atoms with Crippen LogP contribution in [0.4, 0.5) is 11.5 Å². The summed E-state index contributed by atoms with van der Waals surface area (Å²) >= 11 is 0. The van der Waals surface area contributed by atoms with E-state index in [1.165, 1.54) is 6.33 Å². The number of hydrogen-bond acceptors (Lipinski definition) is 8. The van der Waals surface area contributed by atoms with E-state index in [0.29, 0.717) is 47.3 Å². The molecule has 0 amide bonds. The second kappa shape index (κ2) is 6.73. The Labute approximate surface area is 160 Å². The minimum atomic E-state index is 0.385. The van der Waals surface area contributed by atoms with Gasteiger partial charge < -0.3 is 24.1 Å². The first-order valence-electron chi connectivity index (χ1n) is 8.74. The number of hydrogen-bond donors (Lipinski definition) is 1. The zero-order valence-electron chi connectivity index (χ0n) is 15.0. The molecule has 0 spiro atoms. The van der Waals surface area contributed by atoms with Crippen LogP contribution < -0.4 is 19.5 Å². The van der Waals surface area contributed by atoms with Gasteiger partial charge in [-0.05, 0) is 24.3 Å². The fourth-order valence-electron chi connectivity index (χ4n) is 3.16. The summed E-state index contributed by atoms with van der Waals surface area (Å²) in [6.07, 6.45) is 1.43. The molecule has 0 radical (unpaired) electrons. The summed E-state index contributed by atoms with van der Waals surface area (Å²) in [6.45, 7) is 1.08. The molecule has 0 saturated heterocycles. The third-order valence-corrected chi connectivity index (χ3v) is 4.44. The van der Waals surface area contributed by atoms with Crippen molar-refractivity contribution in [1.29, 1.82) is 0 Å². The van der Waals surface area contributed by atoms with Crippen LogP contribution in [-0.2, 0) is 0 Å². The Morgan fingerprint density at radius 3 is 2.75 bits per heavy atom. The molecule has 0 saturated carbocycles. The van der Waals surface area contributed by atoms with Crippen LogP contribution in [0.25, 0.3) is 22.4 Å². The van der Waals surface area contributed by atoms with E-state index < -0.39 is 0 Å². The van der Waals surface area contributed by atoms with Crippen LogP contribution in [0, 0.1) is 0 Å². The lowest BCUT2D eigenvalue weighted by Crippen LogP contribution is -2.15. The van der Waals surface area contributed by atoms with Crippen LogP contribution in [-0.4, -0.2) is 35.4 Å². The molecule has 0 fully saturated rings. The third-order valence-electron chi connectivity index (χ3n) is 4.44. The quantitative estimate of drug-likeness (QED) is 0.575. The van der Waals surface area contributed by atoms with E-state index >= 15 is 0 Å². The highest BCUT2D eigenvalue weighted by Crippen LogP contribution is 2.38. The number of benzene rings is 2. The number of nitrogens with one attached hydrogen (secondary N) is 1. The molecule has 2 aromatic heterocycles. The Bertz CT molecular complexity index is 1160. The number of aromatic nitrogens is 3. The summed E-state index contributed by atoms with van der Waals surface area (Å²) in [5, 5.41) is 8.18. The molecule has 0 unspecified atom stereocenters. The second-order valence-corrected chi connectivity index (χ2v) is 6.12. The van der Waals surface area contributed by atoms with Gasteiger partial charge in [0.2, 0.25) is 0 Å². The lowest BCUT2D eigenvalue weighted by atomic mass is 10.1. The predicted molar refractivity (Wildman–Crippen MR) is 102 cm³/mol. The van der Waals surface area contributed by atoms with Gasteiger partial charge in [-0.25, -0.2) is 4.98 Å². The predicted octanol–water partition coefficient (Wildman–Crippen LogP) is 3.81. The van der Waals surface area contributed by atoms with E-state index in [4.69, 9.17) is 18.7 Å². The summed E-state index contributed by atoms with van der Waals surface area (Å²) in [5.41, 5.74) is 2.59. The fourth-order valence-corrected chi connectivity index (χ4v) is 3.16.